The second-order valence-electron chi connectivity index (χ2n) is 8.80. The molecule has 0 atom stereocenters. The fraction of sp³-hybridized carbons (Fsp3) is 0.273. The van der Waals surface area contributed by atoms with Crippen molar-refractivity contribution in [2.24, 2.45) is 0 Å². The summed E-state index contributed by atoms with van der Waals surface area (Å²) in [7, 11) is -7.37. The third-order valence-corrected chi connectivity index (χ3v) is 8.44. The lowest BCUT2D eigenvalue weighted by Gasteiger charge is -2.17. The molecule has 0 aliphatic carbocycles. The number of hydrogen-bond acceptors (Lipinski definition) is 7. The zero-order chi connectivity index (χ0) is 24.0. The highest BCUT2D eigenvalue weighted by molar-refractivity contribution is 7.93. The van der Waals surface area contributed by atoms with Crippen LogP contribution >= 0.6 is 11.3 Å². The summed E-state index contributed by atoms with van der Waals surface area (Å²) in [6.07, 6.45) is 2.66. The van der Waals surface area contributed by atoms with Crippen molar-refractivity contribution in [2.45, 2.75) is 42.5 Å². The lowest BCUT2D eigenvalue weighted by Crippen LogP contribution is -2.20. The van der Waals surface area contributed by atoms with Gasteiger partial charge in [0.1, 0.15) is 4.90 Å². The van der Waals surface area contributed by atoms with Gasteiger partial charge < -0.3 is 0 Å². The van der Waals surface area contributed by atoms with E-state index in [9.17, 15) is 16.8 Å². The van der Waals surface area contributed by atoms with Gasteiger partial charge in [0.2, 0.25) is 0 Å². The zero-order valence-corrected chi connectivity index (χ0v) is 21.1. The molecule has 0 spiro atoms. The second-order valence-corrected chi connectivity index (χ2v) is 13.5. The van der Waals surface area contributed by atoms with Gasteiger partial charge in [0.15, 0.2) is 15.0 Å². The van der Waals surface area contributed by atoms with Crippen LogP contribution in [-0.2, 0) is 31.8 Å². The van der Waals surface area contributed by atoms with E-state index in [-0.39, 0.29) is 14.9 Å². The van der Waals surface area contributed by atoms with Crippen LogP contribution in [0.1, 0.15) is 32.0 Å². The Hall–Kier alpha value is -2.76. The largest absolute Gasteiger partial charge is 0.267 e. The van der Waals surface area contributed by atoms with E-state index in [1.807, 2.05) is 51.1 Å². The van der Waals surface area contributed by atoms with Crippen LogP contribution in [-0.4, -0.2) is 37.9 Å². The van der Waals surface area contributed by atoms with Gasteiger partial charge in [0.25, 0.3) is 10.0 Å². The molecule has 8 nitrogen and oxygen atoms in total. The Labute approximate surface area is 197 Å². The van der Waals surface area contributed by atoms with Crippen LogP contribution in [0, 0.1) is 0 Å². The fourth-order valence-corrected chi connectivity index (χ4v) is 6.54. The number of sulfone groups is 1. The number of benzene rings is 2. The highest BCUT2D eigenvalue weighted by Crippen LogP contribution is 2.32. The summed E-state index contributed by atoms with van der Waals surface area (Å²) >= 11 is 1.08. The summed E-state index contributed by atoms with van der Waals surface area (Å²) in [5, 5.41) is 4.74. The molecule has 0 amide bonds. The fourth-order valence-electron chi connectivity index (χ4n) is 3.32. The lowest BCUT2D eigenvalue weighted by molar-refractivity contribution is 0.533. The summed E-state index contributed by atoms with van der Waals surface area (Å²) in [5.74, 6) is 0. The van der Waals surface area contributed by atoms with Crippen LogP contribution in [0.4, 0.5) is 5.13 Å². The SMILES string of the molecule is CC(C)(C)c1nn(Cc2ccccc2)cc1S(=O)(=O)Nc1nc2ccc(S(C)(=O)=O)cc2s1. The highest BCUT2D eigenvalue weighted by atomic mass is 32.2. The Morgan fingerprint density at radius 1 is 1.03 bits per heavy atom. The minimum absolute atomic E-state index is 0.0852. The van der Waals surface area contributed by atoms with E-state index in [2.05, 4.69) is 14.8 Å². The number of aromatic nitrogens is 3. The number of thiazole rings is 1. The molecular formula is C22H24N4O4S3. The monoisotopic (exact) mass is 504 g/mol. The third-order valence-electron chi connectivity index (χ3n) is 4.93. The van der Waals surface area contributed by atoms with Crippen LogP contribution in [0.5, 0.6) is 0 Å². The predicted octanol–water partition coefficient (Wildman–Crippen LogP) is 4.04. The Balaban J connectivity index is 1.70. The maximum Gasteiger partial charge on any atom is 0.267 e. The van der Waals surface area contributed by atoms with Crippen LogP contribution in [0.3, 0.4) is 0 Å². The smallest absolute Gasteiger partial charge is 0.267 e. The molecule has 2 heterocycles. The number of sulfonamides is 1. The molecule has 0 radical (unpaired) electrons. The molecular weight excluding hydrogens is 480 g/mol. The van der Waals surface area contributed by atoms with Crippen molar-refractivity contribution in [3.63, 3.8) is 0 Å². The number of hydrogen-bond donors (Lipinski definition) is 1. The summed E-state index contributed by atoms with van der Waals surface area (Å²) in [4.78, 5) is 4.56. The van der Waals surface area contributed by atoms with Gasteiger partial charge in [-0.2, -0.15) is 5.10 Å². The second kappa shape index (κ2) is 8.23. The summed E-state index contributed by atoms with van der Waals surface area (Å²) in [6, 6.07) is 14.2. The van der Waals surface area contributed by atoms with E-state index in [0.717, 1.165) is 23.2 Å². The van der Waals surface area contributed by atoms with Crippen molar-refractivity contribution in [3.8, 4) is 0 Å². The molecule has 4 aromatic rings. The van der Waals surface area contributed by atoms with Gasteiger partial charge in [-0.1, -0.05) is 62.4 Å². The van der Waals surface area contributed by atoms with Gasteiger partial charge in [0, 0.05) is 17.9 Å². The number of rotatable bonds is 6. The molecule has 174 valence electrons. The minimum Gasteiger partial charge on any atom is -0.267 e. The molecule has 2 aromatic heterocycles. The maximum absolute atomic E-state index is 13.3. The van der Waals surface area contributed by atoms with Crippen LogP contribution in [0.25, 0.3) is 10.2 Å². The zero-order valence-electron chi connectivity index (χ0n) is 18.6. The molecule has 4 rings (SSSR count). The Kier molecular flexibility index (Phi) is 5.83. The van der Waals surface area contributed by atoms with Gasteiger partial charge in [0.05, 0.1) is 27.4 Å². The van der Waals surface area contributed by atoms with Crippen LogP contribution in [0.2, 0.25) is 0 Å². The quantitative estimate of drug-likeness (QED) is 0.424. The molecule has 0 unspecified atom stereocenters. The van der Waals surface area contributed by atoms with E-state index in [1.54, 1.807) is 10.7 Å². The Morgan fingerprint density at radius 3 is 2.36 bits per heavy atom. The van der Waals surface area contributed by atoms with Crippen molar-refractivity contribution in [1.29, 1.82) is 0 Å². The first-order valence-corrected chi connectivity index (χ1v) is 14.3. The molecule has 0 aliphatic heterocycles. The van der Waals surface area contributed by atoms with E-state index >= 15 is 0 Å². The van der Waals surface area contributed by atoms with E-state index in [1.165, 1.54) is 18.3 Å². The number of nitrogens with one attached hydrogen (secondary N) is 1. The van der Waals surface area contributed by atoms with E-state index in [0.29, 0.717) is 22.5 Å². The first kappa shape index (κ1) is 23.4. The Bertz CT molecular complexity index is 1530. The van der Waals surface area contributed by atoms with E-state index in [4.69, 9.17) is 0 Å². The average molecular weight is 505 g/mol. The summed E-state index contributed by atoms with van der Waals surface area (Å²) < 4.78 is 55.1. The number of anilines is 1. The average Bonchev–Trinajstić information content (AvgIpc) is 3.31. The molecule has 0 fully saturated rings. The Morgan fingerprint density at radius 2 is 1.73 bits per heavy atom. The molecule has 11 heteroatoms. The molecule has 0 bridgehead atoms. The van der Waals surface area contributed by atoms with Crippen molar-refractivity contribution < 1.29 is 16.8 Å². The van der Waals surface area contributed by atoms with Crippen molar-refractivity contribution in [3.05, 3.63) is 66.0 Å². The van der Waals surface area contributed by atoms with Crippen LogP contribution in [0.15, 0.2) is 64.5 Å². The first-order chi connectivity index (χ1) is 15.3. The molecule has 0 saturated carbocycles. The number of nitrogens with zero attached hydrogens (tertiary/aromatic N) is 3. The molecule has 0 saturated heterocycles. The first-order valence-electron chi connectivity index (χ1n) is 10.1. The summed E-state index contributed by atoms with van der Waals surface area (Å²) in [6.45, 7) is 6.16. The number of fused-ring (bicyclic) bond motifs is 1. The lowest BCUT2D eigenvalue weighted by atomic mass is 9.92. The highest BCUT2D eigenvalue weighted by Gasteiger charge is 2.30. The maximum atomic E-state index is 13.3. The molecule has 33 heavy (non-hydrogen) atoms. The normalized spacial score (nSPS) is 12.8. The van der Waals surface area contributed by atoms with Gasteiger partial charge in [-0.05, 0) is 23.8 Å². The molecule has 2 aromatic carbocycles. The summed E-state index contributed by atoms with van der Waals surface area (Å²) in [5.41, 5.74) is 1.46. The van der Waals surface area contributed by atoms with Crippen molar-refractivity contribution >= 4 is 46.5 Å². The molecule has 0 aliphatic rings. The standard InChI is InChI=1S/C22H24N4O4S3/c1-22(2,3)20-19(14-26(24-20)13-15-8-6-5-7-9-15)33(29,30)25-21-23-17-11-10-16(32(4,27)28)12-18(17)31-21/h5-12,14H,13H2,1-4H3,(H,23,25). The minimum atomic E-state index is -3.99. The predicted molar refractivity (Wildman–Crippen MR) is 130 cm³/mol. The van der Waals surface area contributed by atoms with Crippen LogP contribution < -0.4 is 4.72 Å². The molecule has 1 N–H and O–H groups in total. The van der Waals surface area contributed by atoms with Gasteiger partial charge in [-0.25, -0.2) is 21.8 Å². The van der Waals surface area contributed by atoms with E-state index < -0.39 is 25.3 Å². The van der Waals surface area contributed by atoms with Crippen molar-refractivity contribution in [1.82, 2.24) is 14.8 Å². The van der Waals surface area contributed by atoms with Gasteiger partial charge in [-0.15, -0.1) is 0 Å². The van der Waals surface area contributed by atoms with Crippen molar-refractivity contribution in [2.75, 3.05) is 11.0 Å². The topological polar surface area (TPSA) is 111 Å². The third kappa shape index (κ3) is 5.10. The van der Waals surface area contributed by atoms with Gasteiger partial charge in [-0.3, -0.25) is 9.40 Å². The van der Waals surface area contributed by atoms with Gasteiger partial charge >= 0.3 is 0 Å².